The third kappa shape index (κ3) is 4.38. The molecule has 0 fully saturated rings. The lowest BCUT2D eigenvalue weighted by Gasteiger charge is -2.13. The first-order chi connectivity index (χ1) is 14.7. The number of hydrogen-bond donors (Lipinski definition) is 1. The predicted molar refractivity (Wildman–Crippen MR) is 120 cm³/mol. The molecule has 0 aliphatic carbocycles. The lowest BCUT2D eigenvalue weighted by Crippen LogP contribution is -2.17. The van der Waals surface area contributed by atoms with E-state index in [0.29, 0.717) is 25.5 Å². The van der Waals surface area contributed by atoms with Crippen LogP contribution in [0.2, 0.25) is 0 Å². The highest BCUT2D eigenvalue weighted by Crippen LogP contribution is 2.34. The van der Waals surface area contributed by atoms with Crippen molar-refractivity contribution in [2.45, 2.75) is 26.4 Å². The maximum absolute atomic E-state index is 12.6. The first kappa shape index (κ1) is 20.5. The number of aromatic amines is 1. The van der Waals surface area contributed by atoms with Crippen molar-refractivity contribution >= 4 is 17.0 Å². The molecule has 30 heavy (non-hydrogen) atoms. The molecular weight excluding hydrogens is 398 g/mol. The van der Waals surface area contributed by atoms with Gasteiger partial charge < -0.3 is 14.5 Å². The molecule has 0 saturated carbocycles. The first-order valence-electron chi connectivity index (χ1n) is 10.1. The minimum absolute atomic E-state index is 0.172. The van der Waals surface area contributed by atoms with Crippen LogP contribution in [0.4, 0.5) is 0 Å². The summed E-state index contributed by atoms with van der Waals surface area (Å²) in [6.45, 7) is 5.87. The van der Waals surface area contributed by atoms with E-state index in [-0.39, 0.29) is 11.7 Å². The van der Waals surface area contributed by atoms with Crippen LogP contribution < -0.4 is 5.56 Å². The van der Waals surface area contributed by atoms with Gasteiger partial charge in [-0.25, -0.2) is 0 Å². The first-order valence-corrected chi connectivity index (χ1v) is 11.0. The minimum Gasteiger partial charge on any atom is -0.382 e. The van der Waals surface area contributed by atoms with E-state index in [1.54, 1.807) is 23.6 Å². The number of ether oxygens (including phenoxy) is 2. The molecule has 0 amide bonds. The number of fused-ring (bicyclic) bond motifs is 1. The monoisotopic (exact) mass is 423 g/mol. The highest BCUT2D eigenvalue weighted by atomic mass is 32.1. The van der Waals surface area contributed by atoms with Crippen molar-refractivity contribution in [3.05, 3.63) is 70.1 Å². The molecule has 0 aliphatic heterocycles. The summed E-state index contributed by atoms with van der Waals surface area (Å²) in [6.07, 6.45) is 2.33. The number of rotatable bonds is 9. The zero-order valence-corrected chi connectivity index (χ0v) is 17.9. The third-order valence-electron chi connectivity index (χ3n) is 4.93. The number of hydrogen-bond acceptors (Lipinski definition) is 5. The maximum Gasteiger partial charge on any atom is 0.274 e. The molecule has 1 unspecified atom stereocenters. The van der Waals surface area contributed by atoms with Crippen LogP contribution >= 0.6 is 11.3 Å². The van der Waals surface area contributed by atoms with Gasteiger partial charge in [-0.1, -0.05) is 30.3 Å². The molecule has 4 rings (SSSR count). The summed E-state index contributed by atoms with van der Waals surface area (Å²) in [5, 5.41) is 6.42. The number of nitrogens with one attached hydrogen (secondary N) is 1. The summed E-state index contributed by atoms with van der Waals surface area (Å²) in [4.78, 5) is 17.0. The Kier molecular flexibility index (Phi) is 6.42. The average Bonchev–Trinajstić information content (AvgIpc) is 3.41. The van der Waals surface area contributed by atoms with Crippen molar-refractivity contribution in [1.82, 2.24) is 14.6 Å². The molecule has 4 aromatic rings. The molecule has 0 bridgehead atoms. The van der Waals surface area contributed by atoms with Crippen LogP contribution in [0.1, 0.15) is 32.1 Å². The molecule has 0 aliphatic rings. The second-order valence-electron chi connectivity index (χ2n) is 7.01. The minimum atomic E-state index is -0.227. The maximum atomic E-state index is 12.6. The Morgan fingerprint density at radius 1 is 1.17 bits per heavy atom. The van der Waals surface area contributed by atoms with Gasteiger partial charge in [0.15, 0.2) is 0 Å². The second-order valence-corrected chi connectivity index (χ2v) is 7.92. The fourth-order valence-corrected chi connectivity index (χ4v) is 4.25. The zero-order chi connectivity index (χ0) is 20.9. The summed E-state index contributed by atoms with van der Waals surface area (Å²) in [5.74, 6) is 0. The summed E-state index contributed by atoms with van der Waals surface area (Å²) < 4.78 is 12.6. The highest BCUT2D eigenvalue weighted by molar-refractivity contribution is 7.14. The lowest BCUT2D eigenvalue weighted by atomic mass is 10.1. The van der Waals surface area contributed by atoms with Crippen LogP contribution in [0.3, 0.4) is 0 Å². The van der Waals surface area contributed by atoms with Gasteiger partial charge in [-0.05, 0) is 42.8 Å². The van der Waals surface area contributed by atoms with E-state index in [9.17, 15) is 4.79 Å². The molecular formula is C23H25N3O3S. The van der Waals surface area contributed by atoms with E-state index in [1.807, 2.05) is 32.0 Å². The number of H-pyrrole nitrogens is 1. The fourth-order valence-electron chi connectivity index (χ4n) is 3.32. The van der Waals surface area contributed by atoms with Gasteiger partial charge in [-0.15, -0.1) is 11.3 Å². The second kappa shape index (κ2) is 9.38. The Hall–Kier alpha value is -2.74. The molecule has 0 saturated heterocycles. The predicted octanol–water partition coefficient (Wildman–Crippen LogP) is 4.92. The zero-order valence-electron chi connectivity index (χ0n) is 17.1. The Morgan fingerprint density at radius 2 is 2.00 bits per heavy atom. The van der Waals surface area contributed by atoms with Gasteiger partial charge in [-0.2, -0.15) is 9.61 Å². The van der Waals surface area contributed by atoms with Crippen LogP contribution in [0.15, 0.2) is 58.8 Å². The van der Waals surface area contributed by atoms with Crippen LogP contribution in [-0.2, 0) is 9.47 Å². The van der Waals surface area contributed by atoms with E-state index < -0.39 is 0 Å². The van der Waals surface area contributed by atoms with Crippen molar-refractivity contribution in [2.75, 3.05) is 19.8 Å². The molecule has 1 aromatic carbocycles. The topological polar surface area (TPSA) is 68.6 Å². The normalized spacial score (nSPS) is 12.5. The average molecular weight is 424 g/mol. The van der Waals surface area contributed by atoms with Crippen LogP contribution in [-0.4, -0.2) is 34.4 Å². The molecule has 0 spiro atoms. The molecule has 3 heterocycles. The Bertz CT molecular complexity index is 1160. The lowest BCUT2D eigenvalue weighted by molar-refractivity contribution is 0.0418. The highest BCUT2D eigenvalue weighted by Gasteiger charge is 2.15. The smallest absolute Gasteiger partial charge is 0.274 e. The Labute approximate surface area is 179 Å². The summed E-state index contributed by atoms with van der Waals surface area (Å²) in [7, 11) is 0. The van der Waals surface area contributed by atoms with Crippen molar-refractivity contribution in [3.8, 4) is 21.6 Å². The van der Waals surface area contributed by atoms with Gasteiger partial charge in [0.1, 0.15) is 5.65 Å². The van der Waals surface area contributed by atoms with Crippen LogP contribution in [0, 0.1) is 0 Å². The van der Waals surface area contributed by atoms with Crippen molar-refractivity contribution in [2.24, 2.45) is 0 Å². The van der Waals surface area contributed by atoms with Gasteiger partial charge in [0.2, 0.25) is 0 Å². The van der Waals surface area contributed by atoms with Crippen molar-refractivity contribution in [3.63, 3.8) is 0 Å². The van der Waals surface area contributed by atoms with Gasteiger partial charge in [0, 0.05) is 30.8 Å². The van der Waals surface area contributed by atoms with Gasteiger partial charge in [0.05, 0.1) is 23.6 Å². The van der Waals surface area contributed by atoms with Gasteiger partial charge >= 0.3 is 0 Å². The number of benzene rings is 1. The quantitative estimate of drug-likeness (QED) is 0.388. The fraction of sp³-hybridized carbons (Fsp3) is 0.304. The van der Waals surface area contributed by atoms with Crippen LogP contribution in [0.25, 0.3) is 27.2 Å². The van der Waals surface area contributed by atoms with E-state index >= 15 is 0 Å². The van der Waals surface area contributed by atoms with Crippen molar-refractivity contribution < 1.29 is 9.47 Å². The largest absolute Gasteiger partial charge is 0.382 e. The molecule has 6 nitrogen and oxygen atoms in total. The SMILES string of the molecule is CCOCCCOC(C)c1cc(=O)n2ncc(-c3cc(-c4ccccc4)cs3)c2[nH]1. The van der Waals surface area contributed by atoms with E-state index in [2.05, 4.69) is 33.7 Å². The van der Waals surface area contributed by atoms with Crippen molar-refractivity contribution in [1.29, 1.82) is 0 Å². The number of aromatic nitrogens is 3. The molecule has 7 heteroatoms. The Balaban J connectivity index is 1.60. The van der Waals surface area contributed by atoms with E-state index in [4.69, 9.17) is 9.47 Å². The van der Waals surface area contributed by atoms with E-state index in [1.165, 1.54) is 10.1 Å². The van der Waals surface area contributed by atoms with E-state index in [0.717, 1.165) is 28.1 Å². The van der Waals surface area contributed by atoms with Gasteiger partial charge in [0.25, 0.3) is 5.56 Å². The Morgan fingerprint density at radius 3 is 2.80 bits per heavy atom. The molecule has 3 aromatic heterocycles. The summed E-state index contributed by atoms with van der Waals surface area (Å²) >= 11 is 1.64. The number of nitrogens with zero attached hydrogens (tertiary/aromatic N) is 2. The molecule has 1 N–H and O–H groups in total. The standard InChI is InChI=1S/C23H25N3O3S/c1-3-28-10-7-11-29-16(2)20-13-22(27)26-23(25-20)19(14-24-26)21-12-18(15-30-21)17-8-5-4-6-9-17/h4-6,8-9,12-16,25H,3,7,10-11H2,1-2H3. The summed E-state index contributed by atoms with van der Waals surface area (Å²) in [5.41, 5.74) is 4.48. The molecule has 156 valence electrons. The third-order valence-corrected chi connectivity index (χ3v) is 5.90. The summed E-state index contributed by atoms with van der Waals surface area (Å²) in [6, 6.07) is 13.9. The number of thiophene rings is 1. The molecule has 0 radical (unpaired) electrons. The van der Waals surface area contributed by atoms with Gasteiger partial charge in [-0.3, -0.25) is 4.79 Å². The van der Waals surface area contributed by atoms with Crippen LogP contribution in [0.5, 0.6) is 0 Å². The molecule has 1 atom stereocenters.